The molecule has 1 fully saturated rings. The third kappa shape index (κ3) is 7.20. The van der Waals surface area contributed by atoms with E-state index in [2.05, 4.69) is 0 Å². The van der Waals surface area contributed by atoms with E-state index in [-0.39, 0.29) is 48.3 Å². The number of amides is 1. The Morgan fingerprint density at radius 1 is 0.930 bits per heavy atom. The lowest BCUT2D eigenvalue weighted by Crippen LogP contribution is -2.33. The Bertz CT molecular complexity index is 1350. The first-order valence-corrected chi connectivity index (χ1v) is 13.4. The van der Waals surface area contributed by atoms with Crippen LogP contribution in [0.5, 0.6) is 0 Å². The minimum atomic E-state index is -5.09. The van der Waals surface area contributed by atoms with Gasteiger partial charge in [-0.15, -0.1) is 0 Å². The summed E-state index contributed by atoms with van der Waals surface area (Å²) in [5.74, 6) is -1.69. The fraction of sp³-hybridized carbons (Fsp3) is 0.517. The van der Waals surface area contributed by atoms with Crippen LogP contribution in [0, 0.1) is 18.8 Å². The highest BCUT2D eigenvalue weighted by Gasteiger charge is 2.46. The number of benzene rings is 2. The number of rotatable bonds is 6. The van der Waals surface area contributed by atoms with Gasteiger partial charge < -0.3 is 14.5 Å². The second-order valence-electron chi connectivity index (χ2n) is 11.0. The summed E-state index contributed by atoms with van der Waals surface area (Å²) in [6.45, 7) is 2.18. The lowest BCUT2D eigenvalue weighted by molar-refractivity contribution is -0.144. The molecule has 2 aromatic rings. The first-order chi connectivity index (χ1) is 19.8. The molecular weight excluding hydrogens is 595 g/mol. The Hall–Kier alpha value is -3.45. The first-order valence-electron chi connectivity index (χ1n) is 13.4. The number of esters is 1. The van der Waals surface area contributed by atoms with Gasteiger partial charge in [0.05, 0.1) is 35.8 Å². The molecular formula is C29H29F9N2O3. The molecule has 0 radical (unpaired) electrons. The SMILES string of the molecule is COC(=O)C1CC1CN1CCC[C@H](N(Cc2cc(C(F)(F)F)cc(C(F)(F)F)c2)C(C)=O)c2cc(C)c(C(F)(F)F)cc21. The molecule has 2 aliphatic rings. The molecule has 1 saturated carbocycles. The van der Waals surface area contributed by atoms with Crippen molar-refractivity contribution in [2.45, 2.75) is 64.2 Å². The van der Waals surface area contributed by atoms with Crippen molar-refractivity contribution in [2.24, 2.45) is 11.8 Å². The number of nitrogens with zero attached hydrogens (tertiary/aromatic N) is 2. The van der Waals surface area contributed by atoms with Gasteiger partial charge in [-0.2, -0.15) is 39.5 Å². The molecule has 14 heteroatoms. The smallest absolute Gasteiger partial charge is 0.416 e. The van der Waals surface area contributed by atoms with Crippen molar-refractivity contribution in [1.82, 2.24) is 4.90 Å². The molecule has 43 heavy (non-hydrogen) atoms. The average Bonchev–Trinajstić information content (AvgIpc) is 3.68. The van der Waals surface area contributed by atoms with Crippen LogP contribution in [-0.2, 0) is 39.4 Å². The summed E-state index contributed by atoms with van der Waals surface area (Å²) in [4.78, 5) is 27.7. The van der Waals surface area contributed by atoms with E-state index in [9.17, 15) is 49.1 Å². The van der Waals surface area contributed by atoms with Gasteiger partial charge in [-0.25, -0.2) is 0 Å². The van der Waals surface area contributed by atoms with E-state index in [0.717, 1.165) is 17.9 Å². The first kappa shape index (κ1) is 32.5. The van der Waals surface area contributed by atoms with E-state index < -0.39 is 71.2 Å². The number of hydrogen-bond donors (Lipinski definition) is 0. The van der Waals surface area contributed by atoms with Crippen molar-refractivity contribution in [2.75, 3.05) is 25.1 Å². The zero-order valence-electron chi connectivity index (χ0n) is 23.4. The predicted octanol–water partition coefficient (Wildman–Crippen LogP) is 7.55. The minimum absolute atomic E-state index is 0.0120. The Kier molecular flexibility index (Phi) is 8.73. The second kappa shape index (κ2) is 11.6. The number of ether oxygens (including phenoxy) is 1. The molecule has 3 atom stereocenters. The lowest BCUT2D eigenvalue weighted by atomic mass is 9.94. The number of hydrogen-bond acceptors (Lipinski definition) is 4. The maximum atomic E-state index is 13.9. The van der Waals surface area contributed by atoms with Crippen molar-refractivity contribution in [3.63, 3.8) is 0 Å². The molecule has 0 bridgehead atoms. The number of carbonyl (C=O) groups is 2. The van der Waals surface area contributed by atoms with Crippen molar-refractivity contribution < 1.29 is 53.8 Å². The van der Waals surface area contributed by atoms with Crippen molar-refractivity contribution in [3.8, 4) is 0 Å². The summed E-state index contributed by atoms with van der Waals surface area (Å²) in [6, 6.07) is 2.35. The van der Waals surface area contributed by atoms with Crippen LogP contribution in [0.4, 0.5) is 45.2 Å². The van der Waals surface area contributed by atoms with E-state index in [1.54, 1.807) is 4.90 Å². The zero-order valence-corrected chi connectivity index (χ0v) is 23.4. The van der Waals surface area contributed by atoms with Gasteiger partial charge in [0.25, 0.3) is 0 Å². The summed E-state index contributed by atoms with van der Waals surface area (Å²) in [7, 11) is 1.24. The molecule has 1 amide bonds. The molecule has 4 rings (SSSR count). The Morgan fingerprint density at radius 2 is 1.53 bits per heavy atom. The zero-order chi connectivity index (χ0) is 32.1. The predicted molar refractivity (Wildman–Crippen MR) is 137 cm³/mol. The molecule has 0 spiro atoms. The largest absolute Gasteiger partial charge is 0.469 e. The van der Waals surface area contributed by atoms with E-state index in [1.807, 2.05) is 0 Å². The number of fused-ring (bicyclic) bond motifs is 1. The highest BCUT2D eigenvalue weighted by atomic mass is 19.4. The van der Waals surface area contributed by atoms with Crippen LogP contribution >= 0.6 is 0 Å². The third-order valence-electron chi connectivity index (χ3n) is 7.95. The summed E-state index contributed by atoms with van der Waals surface area (Å²) in [5.41, 5.74) is -4.15. The lowest BCUT2D eigenvalue weighted by Gasteiger charge is -2.34. The normalized spacial score (nSPS) is 20.7. The summed E-state index contributed by atoms with van der Waals surface area (Å²) < 4.78 is 128. The average molecular weight is 625 g/mol. The standard InChI is InChI=1S/C29H29F9N2O3/c1-15-7-22-24(40(16(2)41)13-17-8-19(27(30,31)32)11-20(9-17)28(33,34)35)5-4-6-39(14-18-10-21(18)26(42)43-3)25(22)12-23(15)29(36,37)38/h7-9,11-12,18,21,24H,4-6,10,13-14H2,1-3H3/t18?,21?,24-/m0/s1. The summed E-state index contributed by atoms with van der Waals surface area (Å²) in [6.07, 6.45) is -13.9. The number of alkyl halides is 9. The number of aryl methyl sites for hydroxylation is 1. The van der Waals surface area contributed by atoms with Crippen LogP contribution < -0.4 is 4.90 Å². The third-order valence-corrected chi connectivity index (χ3v) is 7.95. The van der Waals surface area contributed by atoms with Crippen molar-refractivity contribution in [3.05, 3.63) is 63.7 Å². The maximum Gasteiger partial charge on any atom is 0.416 e. The van der Waals surface area contributed by atoms with Gasteiger partial charge in [-0.3, -0.25) is 9.59 Å². The molecule has 2 unspecified atom stereocenters. The molecule has 0 N–H and O–H groups in total. The summed E-state index contributed by atoms with van der Waals surface area (Å²) in [5, 5.41) is 0. The molecule has 1 aliphatic carbocycles. The van der Waals surface area contributed by atoms with Crippen LogP contribution in [0.25, 0.3) is 0 Å². The fourth-order valence-electron chi connectivity index (χ4n) is 5.75. The maximum absolute atomic E-state index is 13.9. The molecule has 1 heterocycles. The molecule has 1 aliphatic heterocycles. The van der Waals surface area contributed by atoms with Crippen LogP contribution in [0.3, 0.4) is 0 Å². The van der Waals surface area contributed by atoms with Crippen LogP contribution in [-0.4, -0.2) is 37.0 Å². The number of carbonyl (C=O) groups excluding carboxylic acids is 2. The Labute approximate surface area is 241 Å². The Morgan fingerprint density at radius 3 is 2.05 bits per heavy atom. The molecule has 0 saturated heterocycles. The Balaban J connectivity index is 1.78. The summed E-state index contributed by atoms with van der Waals surface area (Å²) >= 11 is 0. The van der Waals surface area contributed by atoms with Crippen molar-refractivity contribution >= 4 is 17.6 Å². The van der Waals surface area contributed by atoms with Crippen LogP contribution in [0.15, 0.2) is 30.3 Å². The van der Waals surface area contributed by atoms with Gasteiger partial charge in [0.1, 0.15) is 0 Å². The van der Waals surface area contributed by atoms with Crippen LogP contribution in [0.1, 0.15) is 65.6 Å². The number of methoxy groups -OCH3 is 1. The molecule has 0 aromatic heterocycles. The highest BCUT2D eigenvalue weighted by molar-refractivity contribution is 5.76. The molecule has 2 aromatic carbocycles. The van der Waals surface area contributed by atoms with Gasteiger partial charge in [-0.1, -0.05) is 6.07 Å². The van der Waals surface area contributed by atoms with E-state index in [4.69, 9.17) is 4.74 Å². The van der Waals surface area contributed by atoms with Gasteiger partial charge in [0, 0.05) is 32.2 Å². The van der Waals surface area contributed by atoms with E-state index >= 15 is 0 Å². The number of halogens is 9. The van der Waals surface area contributed by atoms with Gasteiger partial charge in [0.15, 0.2) is 0 Å². The van der Waals surface area contributed by atoms with E-state index in [0.29, 0.717) is 25.0 Å². The highest BCUT2D eigenvalue weighted by Crippen LogP contribution is 2.46. The van der Waals surface area contributed by atoms with Gasteiger partial charge >= 0.3 is 24.5 Å². The van der Waals surface area contributed by atoms with Gasteiger partial charge in [-0.05, 0) is 73.1 Å². The number of anilines is 1. The van der Waals surface area contributed by atoms with Crippen LogP contribution in [0.2, 0.25) is 0 Å². The fourth-order valence-corrected chi connectivity index (χ4v) is 5.75. The molecule has 5 nitrogen and oxygen atoms in total. The van der Waals surface area contributed by atoms with Crippen molar-refractivity contribution in [1.29, 1.82) is 0 Å². The minimum Gasteiger partial charge on any atom is -0.469 e. The monoisotopic (exact) mass is 624 g/mol. The van der Waals surface area contributed by atoms with E-state index in [1.165, 1.54) is 20.1 Å². The topological polar surface area (TPSA) is 49.9 Å². The quantitative estimate of drug-likeness (QED) is 0.246. The second-order valence-corrected chi connectivity index (χ2v) is 11.0. The van der Waals surface area contributed by atoms with Gasteiger partial charge in [0.2, 0.25) is 5.91 Å². The molecule has 236 valence electrons.